The van der Waals surface area contributed by atoms with Crippen LogP contribution in [0.4, 0.5) is 0 Å². The number of hydrogen-bond acceptors (Lipinski definition) is 2. The van der Waals surface area contributed by atoms with Crippen molar-refractivity contribution in [2.24, 2.45) is 11.8 Å². The molecular weight excluding hydrogens is 148 g/mol. The molecule has 1 fully saturated rings. The Bertz CT molecular complexity index is 219. The third-order valence-electron chi connectivity index (χ3n) is 1.81. The number of allylic oxidation sites excluding steroid dienone is 1. The molecule has 0 unspecified atom stereocenters. The van der Waals surface area contributed by atoms with Crippen LogP contribution in [0.5, 0.6) is 0 Å². The average molecular weight is 156 g/mol. The lowest BCUT2D eigenvalue weighted by Gasteiger charge is -1.83. The molecule has 4 nitrogen and oxygen atoms in total. The van der Waals surface area contributed by atoms with Gasteiger partial charge in [-0.2, -0.15) is 0 Å². The van der Waals surface area contributed by atoms with E-state index in [9.17, 15) is 9.59 Å². The smallest absolute Gasteiger partial charge is 0.311 e. The standard InChI is InChI=1S/C7H8O4/c1-2-3-4(6(8)9)5(3)7(10)11/h2,4-5H,1H3,(H,8,9)(H,10,11)/t4-,5-/m0/s1. The lowest BCUT2D eigenvalue weighted by molar-refractivity contribution is -0.144. The minimum absolute atomic E-state index is 0.505. The van der Waals surface area contributed by atoms with Crippen LogP contribution in [0.3, 0.4) is 0 Å². The van der Waals surface area contributed by atoms with Crippen molar-refractivity contribution in [3.05, 3.63) is 11.6 Å². The van der Waals surface area contributed by atoms with E-state index in [0.717, 1.165) is 0 Å². The lowest BCUT2D eigenvalue weighted by Crippen LogP contribution is -2.05. The SMILES string of the molecule is CC=C1[C@H](C(=O)O)[C@H]1C(=O)O. The minimum atomic E-state index is -1.05. The summed E-state index contributed by atoms with van der Waals surface area (Å²) >= 11 is 0. The fraction of sp³-hybridized carbons (Fsp3) is 0.429. The van der Waals surface area contributed by atoms with Crippen molar-refractivity contribution in [2.45, 2.75) is 6.92 Å². The zero-order chi connectivity index (χ0) is 8.59. The summed E-state index contributed by atoms with van der Waals surface area (Å²) in [5, 5.41) is 16.9. The Morgan fingerprint density at radius 1 is 1.27 bits per heavy atom. The number of carbonyl (C=O) groups is 2. The Kier molecular flexibility index (Phi) is 1.68. The van der Waals surface area contributed by atoms with E-state index in [1.807, 2.05) is 0 Å². The van der Waals surface area contributed by atoms with Crippen molar-refractivity contribution in [1.82, 2.24) is 0 Å². The highest BCUT2D eigenvalue weighted by molar-refractivity contribution is 5.93. The van der Waals surface area contributed by atoms with E-state index in [4.69, 9.17) is 10.2 Å². The highest BCUT2D eigenvalue weighted by Crippen LogP contribution is 2.45. The molecule has 0 aliphatic heterocycles. The van der Waals surface area contributed by atoms with Gasteiger partial charge in [0.15, 0.2) is 0 Å². The van der Waals surface area contributed by atoms with E-state index in [1.165, 1.54) is 0 Å². The second-order valence-corrected chi connectivity index (χ2v) is 2.42. The van der Waals surface area contributed by atoms with E-state index >= 15 is 0 Å². The summed E-state index contributed by atoms with van der Waals surface area (Å²) < 4.78 is 0. The molecule has 0 spiro atoms. The molecule has 0 aromatic heterocycles. The molecule has 2 N–H and O–H groups in total. The van der Waals surface area contributed by atoms with Gasteiger partial charge < -0.3 is 10.2 Å². The van der Waals surface area contributed by atoms with Crippen LogP contribution in [0.25, 0.3) is 0 Å². The minimum Gasteiger partial charge on any atom is -0.481 e. The Morgan fingerprint density at radius 2 is 1.64 bits per heavy atom. The Labute approximate surface area is 63.1 Å². The molecule has 2 atom stereocenters. The van der Waals surface area contributed by atoms with Crippen LogP contribution in [-0.2, 0) is 9.59 Å². The number of hydrogen-bond donors (Lipinski definition) is 2. The molecule has 1 aliphatic carbocycles. The average Bonchev–Trinajstić information content (AvgIpc) is 2.59. The van der Waals surface area contributed by atoms with E-state index < -0.39 is 23.8 Å². The van der Waals surface area contributed by atoms with Crippen LogP contribution in [0.15, 0.2) is 11.6 Å². The number of aliphatic carboxylic acids is 2. The highest BCUT2D eigenvalue weighted by Gasteiger charge is 2.54. The molecule has 1 saturated carbocycles. The van der Waals surface area contributed by atoms with Gasteiger partial charge in [-0.05, 0) is 12.5 Å². The van der Waals surface area contributed by atoms with Gasteiger partial charge in [-0.25, -0.2) is 0 Å². The molecule has 0 amide bonds. The van der Waals surface area contributed by atoms with Crippen LogP contribution >= 0.6 is 0 Å². The summed E-state index contributed by atoms with van der Waals surface area (Å²) in [5.74, 6) is -3.66. The van der Waals surface area contributed by atoms with Gasteiger partial charge in [0.1, 0.15) is 0 Å². The highest BCUT2D eigenvalue weighted by atomic mass is 16.4. The molecule has 60 valence electrons. The molecule has 11 heavy (non-hydrogen) atoms. The quantitative estimate of drug-likeness (QED) is 0.565. The maximum Gasteiger partial charge on any atom is 0.311 e. The molecule has 0 heterocycles. The van der Waals surface area contributed by atoms with Gasteiger partial charge in [0, 0.05) is 0 Å². The number of carboxylic acids is 2. The van der Waals surface area contributed by atoms with Gasteiger partial charge in [-0.15, -0.1) is 0 Å². The third kappa shape index (κ3) is 1.11. The van der Waals surface area contributed by atoms with Crippen LogP contribution in [-0.4, -0.2) is 22.2 Å². The van der Waals surface area contributed by atoms with Crippen molar-refractivity contribution in [2.75, 3.05) is 0 Å². The molecule has 0 radical (unpaired) electrons. The normalized spacial score (nSPS) is 27.9. The molecule has 0 aromatic rings. The zero-order valence-corrected chi connectivity index (χ0v) is 5.94. The predicted octanol–water partition coefficient (Wildman–Crippen LogP) is 0.348. The summed E-state index contributed by atoms with van der Waals surface area (Å²) in [6.45, 7) is 1.65. The van der Waals surface area contributed by atoms with Gasteiger partial charge in [-0.3, -0.25) is 9.59 Å². The first-order chi connectivity index (χ1) is 5.09. The predicted molar refractivity (Wildman–Crippen MR) is 36.0 cm³/mol. The molecule has 0 saturated heterocycles. The Balaban J connectivity index is 2.76. The van der Waals surface area contributed by atoms with Crippen molar-refractivity contribution in [3.8, 4) is 0 Å². The van der Waals surface area contributed by atoms with Gasteiger partial charge >= 0.3 is 11.9 Å². The second-order valence-electron chi connectivity index (χ2n) is 2.42. The largest absolute Gasteiger partial charge is 0.481 e. The van der Waals surface area contributed by atoms with E-state index in [0.29, 0.717) is 5.57 Å². The fourth-order valence-corrected chi connectivity index (χ4v) is 1.21. The molecule has 1 aliphatic rings. The lowest BCUT2D eigenvalue weighted by atomic mass is 10.3. The van der Waals surface area contributed by atoms with Crippen LogP contribution < -0.4 is 0 Å². The zero-order valence-electron chi connectivity index (χ0n) is 5.94. The van der Waals surface area contributed by atoms with E-state index in [-0.39, 0.29) is 0 Å². The van der Waals surface area contributed by atoms with Crippen LogP contribution in [0.2, 0.25) is 0 Å². The summed E-state index contributed by atoms with van der Waals surface area (Å²) in [7, 11) is 0. The second kappa shape index (κ2) is 2.38. The van der Waals surface area contributed by atoms with Gasteiger partial charge in [0.05, 0.1) is 11.8 Å². The molecule has 1 rings (SSSR count). The summed E-state index contributed by atoms with van der Waals surface area (Å²) in [6.07, 6.45) is 1.55. The maximum atomic E-state index is 10.3. The molecular formula is C7H8O4. The monoisotopic (exact) mass is 156 g/mol. The van der Waals surface area contributed by atoms with Crippen molar-refractivity contribution < 1.29 is 19.8 Å². The van der Waals surface area contributed by atoms with Crippen molar-refractivity contribution in [3.63, 3.8) is 0 Å². The van der Waals surface area contributed by atoms with Gasteiger partial charge in [-0.1, -0.05) is 6.08 Å². The molecule has 0 aromatic carbocycles. The van der Waals surface area contributed by atoms with E-state index in [2.05, 4.69) is 0 Å². The summed E-state index contributed by atoms with van der Waals surface area (Å²) in [5.41, 5.74) is 0.505. The van der Waals surface area contributed by atoms with Crippen molar-refractivity contribution >= 4 is 11.9 Å². The van der Waals surface area contributed by atoms with Gasteiger partial charge in [0.25, 0.3) is 0 Å². The Hall–Kier alpha value is -1.32. The Morgan fingerprint density at radius 3 is 1.73 bits per heavy atom. The fourth-order valence-electron chi connectivity index (χ4n) is 1.21. The first kappa shape index (κ1) is 7.78. The number of rotatable bonds is 2. The van der Waals surface area contributed by atoms with Crippen LogP contribution in [0.1, 0.15) is 6.92 Å². The van der Waals surface area contributed by atoms with Gasteiger partial charge in [0.2, 0.25) is 0 Å². The first-order valence-corrected chi connectivity index (χ1v) is 3.21. The molecule has 0 bridgehead atoms. The van der Waals surface area contributed by atoms with E-state index in [1.54, 1.807) is 13.0 Å². The molecule has 4 heteroatoms. The maximum absolute atomic E-state index is 10.3. The summed E-state index contributed by atoms with van der Waals surface area (Å²) in [4.78, 5) is 20.7. The topological polar surface area (TPSA) is 74.6 Å². The first-order valence-electron chi connectivity index (χ1n) is 3.21. The summed E-state index contributed by atoms with van der Waals surface area (Å²) in [6, 6.07) is 0. The van der Waals surface area contributed by atoms with Crippen LogP contribution in [0, 0.1) is 11.8 Å². The third-order valence-corrected chi connectivity index (χ3v) is 1.81. The van der Waals surface area contributed by atoms with Crippen molar-refractivity contribution in [1.29, 1.82) is 0 Å². The number of carboxylic acid groups (broad SMARTS) is 2.